The average molecular weight is 264 g/mol. The lowest BCUT2D eigenvalue weighted by Crippen LogP contribution is -2.47. The Morgan fingerprint density at radius 2 is 2.39 bits per heavy atom. The van der Waals surface area contributed by atoms with Gasteiger partial charge in [-0.3, -0.25) is 4.90 Å². The number of hydrogen-bond donors (Lipinski definition) is 1. The molecule has 1 fully saturated rings. The van der Waals surface area contributed by atoms with E-state index in [0.29, 0.717) is 5.92 Å². The van der Waals surface area contributed by atoms with Gasteiger partial charge < -0.3 is 9.52 Å². The van der Waals surface area contributed by atoms with E-state index in [9.17, 15) is 0 Å². The summed E-state index contributed by atoms with van der Waals surface area (Å²) in [7, 11) is 0. The number of rotatable bonds is 4. The fourth-order valence-corrected chi connectivity index (χ4v) is 2.86. The molecule has 2 aromatic heterocycles. The minimum atomic E-state index is 0.286. The molecule has 0 unspecified atom stereocenters. The van der Waals surface area contributed by atoms with E-state index < -0.39 is 0 Å². The highest BCUT2D eigenvalue weighted by atomic mass is 32.1. The average Bonchev–Trinajstić information content (AvgIpc) is 2.92. The lowest BCUT2D eigenvalue weighted by Gasteiger charge is -2.37. The zero-order chi connectivity index (χ0) is 12.5. The van der Waals surface area contributed by atoms with Crippen LogP contribution in [0.4, 0.5) is 0 Å². The molecule has 0 spiro atoms. The molecule has 0 radical (unpaired) electrons. The monoisotopic (exact) mass is 264 g/mol. The van der Waals surface area contributed by atoms with E-state index in [2.05, 4.69) is 9.88 Å². The summed E-state index contributed by atoms with van der Waals surface area (Å²) in [6.07, 6.45) is 0. The molecule has 0 saturated carbocycles. The number of nitrogens with zero attached hydrogens (tertiary/aromatic N) is 2. The third-order valence-corrected chi connectivity index (χ3v) is 4.15. The van der Waals surface area contributed by atoms with Crippen molar-refractivity contribution in [3.05, 3.63) is 29.0 Å². The van der Waals surface area contributed by atoms with Gasteiger partial charge in [-0.05, 0) is 18.4 Å². The van der Waals surface area contributed by atoms with Gasteiger partial charge in [-0.2, -0.15) is 0 Å². The van der Waals surface area contributed by atoms with E-state index in [-0.39, 0.29) is 6.61 Å². The number of aliphatic hydroxyl groups excluding tert-OH is 1. The number of aliphatic hydroxyl groups is 1. The van der Waals surface area contributed by atoms with Crippen LogP contribution < -0.4 is 0 Å². The van der Waals surface area contributed by atoms with E-state index in [1.807, 2.05) is 24.4 Å². The summed E-state index contributed by atoms with van der Waals surface area (Å²) in [5, 5.41) is 11.0. The van der Waals surface area contributed by atoms with E-state index in [1.54, 1.807) is 11.3 Å². The van der Waals surface area contributed by atoms with Gasteiger partial charge in [0.05, 0.1) is 10.6 Å². The Hall–Kier alpha value is -1.17. The fraction of sp³-hybridized carbons (Fsp3) is 0.462. The van der Waals surface area contributed by atoms with Crippen molar-refractivity contribution >= 4 is 11.3 Å². The SMILES string of the molecule is Cc1oc(-c2cccs2)nc1CN1CC(CO)C1. The maximum absolute atomic E-state index is 8.99. The van der Waals surface area contributed by atoms with Crippen molar-refractivity contribution in [1.29, 1.82) is 0 Å². The van der Waals surface area contributed by atoms with Crippen LogP contribution in [0.15, 0.2) is 21.9 Å². The maximum Gasteiger partial charge on any atom is 0.236 e. The minimum Gasteiger partial charge on any atom is -0.440 e. The summed E-state index contributed by atoms with van der Waals surface area (Å²) < 4.78 is 5.70. The topological polar surface area (TPSA) is 49.5 Å². The Kier molecular flexibility index (Phi) is 3.20. The number of thiophene rings is 1. The first-order valence-electron chi connectivity index (χ1n) is 6.09. The molecule has 5 heteroatoms. The number of aromatic nitrogens is 1. The first-order chi connectivity index (χ1) is 8.76. The quantitative estimate of drug-likeness (QED) is 0.919. The van der Waals surface area contributed by atoms with Crippen molar-refractivity contribution in [2.45, 2.75) is 13.5 Å². The smallest absolute Gasteiger partial charge is 0.236 e. The van der Waals surface area contributed by atoms with E-state index in [4.69, 9.17) is 9.52 Å². The third-order valence-electron chi connectivity index (χ3n) is 3.29. The minimum absolute atomic E-state index is 0.286. The second kappa shape index (κ2) is 4.84. The largest absolute Gasteiger partial charge is 0.440 e. The predicted octanol–water partition coefficient (Wildman–Crippen LogP) is 2.14. The lowest BCUT2D eigenvalue weighted by molar-refractivity contribution is 0.0468. The molecule has 0 bridgehead atoms. The molecule has 4 nitrogen and oxygen atoms in total. The first-order valence-corrected chi connectivity index (χ1v) is 6.97. The van der Waals surface area contributed by atoms with Gasteiger partial charge in [0.15, 0.2) is 0 Å². The first kappa shape index (κ1) is 11.9. The Morgan fingerprint density at radius 3 is 3.06 bits per heavy atom. The molecular weight excluding hydrogens is 248 g/mol. The molecule has 96 valence electrons. The van der Waals surface area contributed by atoms with Crippen molar-refractivity contribution in [1.82, 2.24) is 9.88 Å². The van der Waals surface area contributed by atoms with Crippen LogP contribution in [0.3, 0.4) is 0 Å². The summed E-state index contributed by atoms with van der Waals surface area (Å²) in [4.78, 5) is 7.92. The second-order valence-corrected chi connectivity index (χ2v) is 5.69. The molecule has 18 heavy (non-hydrogen) atoms. The Morgan fingerprint density at radius 1 is 1.56 bits per heavy atom. The van der Waals surface area contributed by atoms with Crippen LogP contribution in [0.25, 0.3) is 10.8 Å². The van der Waals surface area contributed by atoms with Crippen LogP contribution in [0.5, 0.6) is 0 Å². The van der Waals surface area contributed by atoms with Gasteiger partial charge in [0.25, 0.3) is 0 Å². The number of hydrogen-bond acceptors (Lipinski definition) is 5. The second-order valence-electron chi connectivity index (χ2n) is 4.74. The van der Waals surface area contributed by atoms with Crippen molar-refractivity contribution in [3.8, 4) is 10.8 Å². The van der Waals surface area contributed by atoms with E-state index in [0.717, 1.165) is 41.9 Å². The standard InChI is InChI=1S/C13H16N2O2S/c1-9-11(7-15-5-10(6-15)8-16)14-13(17-9)12-3-2-4-18-12/h2-4,10,16H,5-8H2,1H3. The Labute approximate surface area is 110 Å². The third kappa shape index (κ3) is 2.21. The zero-order valence-electron chi connectivity index (χ0n) is 10.3. The maximum atomic E-state index is 8.99. The van der Waals surface area contributed by atoms with E-state index in [1.165, 1.54) is 0 Å². The van der Waals surface area contributed by atoms with Gasteiger partial charge in [-0.1, -0.05) is 6.07 Å². The van der Waals surface area contributed by atoms with Gasteiger partial charge in [-0.25, -0.2) is 4.98 Å². The number of aryl methyl sites for hydroxylation is 1. The summed E-state index contributed by atoms with van der Waals surface area (Å²) >= 11 is 1.64. The Bertz CT molecular complexity index is 515. The molecule has 2 aromatic rings. The summed E-state index contributed by atoms with van der Waals surface area (Å²) in [5.41, 5.74) is 1.01. The normalized spacial score (nSPS) is 17.0. The highest BCUT2D eigenvalue weighted by Crippen LogP contribution is 2.27. The molecule has 1 aliphatic heterocycles. The number of oxazole rings is 1. The molecule has 3 rings (SSSR count). The van der Waals surface area contributed by atoms with Crippen molar-refractivity contribution < 1.29 is 9.52 Å². The molecule has 0 atom stereocenters. The summed E-state index contributed by atoms with van der Waals surface area (Å²) in [5.74, 6) is 2.05. The molecule has 1 aliphatic rings. The number of likely N-dealkylation sites (tertiary alicyclic amines) is 1. The molecule has 0 aliphatic carbocycles. The highest BCUT2D eigenvalue weighted by Gasteiger charge is 2.27. The van der Waals surface area contributed by atoms with Gasteiger partial charge in [-0.15, -0.1) is 11.3 Å². The zero-order valence-corrected chi connectivity index (χ0v) is 11.1. The summed E-state index contributed by atoms with van der Waals surface area (Å²) in [6, 6.07) is 4.02. The van der Waals surface area contributed by atoms with Gasteiger partial charge in [0.2, 0.25) is 5.89 Å². The molecule has 0 amide bonds. The van der Waals surface area contributed by atoms with Crippen LogP contribution in [-0.2, 0) is 6.54 Å². The van der Waals surface area contributed by atoms with E-state index >= 15 is 0 Å². The molecular formula is C13H16N2O2S. The highest BCUT2D eigenvalue weighted by molar-refractivity contribution is 7.13. The molecule has 0 aromatic carbocycles. The van der Waals surface area contributed by atoms with Crippen LogP contribution in [-0.4, -0.2) is 34.7 Å². The van der Waals surface area contributed by atoms with Crippen LogP contribution in [0, 0.1) is 12.8 Å². The van der Waals surface area contributed by atoms with Crippen molar-refractivity contribution in [2.75, 3.05) is 19.7 Å². The molecule has 3 heterocycles. The van der Waals surface area contributed by atoms with Crippen LogP contribution >= 0.6 is 11.3 Å². The van der Waals surface area contributed by atoms with Gasteiger partial charge >= 0.3 is 0 Å². The lowest BCUT2D eigenvalue weighted by atomic mass is 10.0. The summed E-state index contributed by atoms with van der Waals surface area (Å²) in [6.45, 7) is 4.98. The van der Waals surface area contributed by atoms with Crippen molar-refractivity contribution in [2.24, 2.45) is 5.92 Å². The fourth-order valence-electron chi connectivity index (χ4n) is 2.21. The molecule has 1 saturated heterocycles. The van der Waals surface area contributed by atoms with Crippen LogP contribution in [0.2, 0.25) is 0 Å². The van der Waals surface area contributed by atoms with Gasteiger partial charge in [0.1, 0.15) is 5.76 Å². The Balaban J connectivity index is 1.70. The predicted molar refractivity (Wildman–Crippen MR) is 70.4 cm³/mol. The molecule has 1 N–H and O–H groups in total. The van der Waals surface area contributed by atoms with Crippen LogP contribution in [0.1, 0.15) is 11.5 Å². The van der Waals surface area contributed by atoms with Gasteiger partial charge in [0, 0.05) is 32.2 Å². The van der Waals surface area contributed by atoms with Crippen molar-refractivity contribution in [3.63, 3.8) is 0 Å².